The van der Waals surface area contributed by atoms with Crippen LogP contribution in [-0.4, -0.2) is 147 Å². The van der Waals surface area contributed by atoms with Gasteiger partial charge in [0.25, 0.3) is 0 Å². The molecule has 1 rings (SSSR count). The first-order valence-corrected chi connectivity index (χ1v) is 18.9. The summed E-state index contributed by atoms with van der Waals surface area (Å²) >= 11 is 4.15. The number of aromatic amines is 1. The van der Waals surface area contributed by atoms with Crippen LogP contribution in [0.4, 0.5) is 0 Å². The van der Waals surface area contributed by atoms with Crippen molar-refractivity contribution in [3.63, 3.8) is 0 Å². The van der Waals surface area contributed by atoms with E-state index in [9.17, 15) is 48.9 Å². The smallest absolute Gasteiger partial charge is 0.326 e. The SMILES string of the molecule is CC(C)[C@H](N)C(=O)N[C@@H](CS)C(=O)N[C@@H](Cc1cnc[nH]1)C(=O)N[C@@H](CO)C(=O)N[C@@H](CCCCN)C(=O)N[C@H](C(=O)N[C@@H](CCCN=C(N)N)C(=O)O)[C@@H](C)O. The van der Waals surface area contributed by atoms with Crippen LogP contribution in [0.1, 0.15) is 58.6 Å². The Morgan fingerprint density at radius 1 is 0.789 bits per heavy atom. The maximum Gasteiger partial charge on any atom is 0.326 e. The molecule has 0 saturated heterocycles. The Hall–Kier alpha value is -5.04. The summed E-state index contributed by atoms with van der Waals surface area (Å²) in [5.74, 6) is -7.35. The summed E-state index contributed by atoms with van der Waals surface area (Å²) in [6, 6.07) is -9.66. The molecule has 0 radical (unpaired) electrons. The minimum Gasteiger partial charge on any atom is -0.480 e. The van der Waals surface area contributed by atoms with E-state index in [1.54, 1.807) is 13.8 Å². The second kappa shape index (κ2) is 26.0. The number of thiol groups is 1. The van der Waals surface area contributed by atoms with Crippen LogP contribution in [0.25, 0.3) is 0 Å². The predicted molar refractivity (Wildman–Crippen MR) is 210 cm³/mol. The number of carbonyl (C=O) groups is 7. The number of aliphatic carboxylic acids is 1. The average molecular weight is 830 g/mol. The van der Waals surface area contributed by atoms with Gasteiger partial charge in [0.05, 0.1) is 25.1 Å². The number of carboxylic acids is 1. The summed E-state index contributed by atoms with van der Waals surface area (Å²) in [5, 5.41) is 44.6. The minimum atomic E-state index is -1.67. The van der Waals surface area contributed by atoms with Crippen molar-refractivity contribution in [2.45, 2.75) is 108 Å². The first kappa shape index (κ1) is 50.0. The van der Waals surface area contributed by atoms with Crippen LogP contribution >= 0.6 is 12.6 Å². The van der Waals surface area contributed by atoms with Crippen LogP contribution in [-0.2, 0) is 40.0 Å². The molecule has 8 atom stereocenters. The molecule has 24 heteroatoms. The fraction of sp³-hybridized carbons (Fsp3) is 0.667. The van der Waals surface area contributed by atoms with Crippen LogP contribution < -0.4 is 54.8 Å². The highest BCUT2D eigenvalue weighted by atomic mass is 32.1. The predicted octanol–water partition coefficient (Wildman–Crippen LogP) is -5.59. The van der Waals surface area contributed by atoms with Crippen LogP contribution in [0.2, 0.25) is 0 Å². The molecule has 6 amide bonds. The Balaban J connectivity index is 3.19. The highest BCUT2D eigenvalue weighted by Crippen LogP contribution is 2.07. The number of aliphatic hydroxyl groups is 2. The number of carbonyl (C=O) groups excluding carboxylic acids is 6. The summed E-state index contributed by atoms with van der Waals surface area (Å²) in [7, 11) is 0. The summed E-state index contributed by atoms with van der Waals surface area (Å²) in [6.45, 7) is 3.99. The van der Waals surface area contributed by atoms with Crippen LogP contribution in [0.5, 0.6) is 0 Å². The third-order valence-electron chi connectivity index (χ3n) is 8.47. The molecule has 1 heterocycles. The molecule has 18 N–H and O–H groups in total. The number of amides is 6. The van der Waals surface area contributed by atoms with Crippen molar-refractivity contribution >= 4 is 60.0 Å². The second-order valence-corrected chi connectivity index (χ2v) is 13.9. The molecule has 23 nitrogen and oxygen atoms in total. The third kappa shape index (κ3) is 18.2. The van der Waals surface area contributed by atoms with Gasteiger partial charge in [-0.1, -0.05) is 13.8 Å². The molecule has 57 heavy (non-hydrogen) atoms. The number of unbranched alkanes of at least 4 members (excludes halogenated alkanes) is 1. The van der Waals surface area contributed by atoms with Gasteiger partial charge in [-0.3, -0.25) is 33.8 Å². The number of nitrogens with zero attached hydrogens (tertiary/aromatic N) is 2. The molecule has 0 spiro atoms. The lowest BCUT2D eigenvalue weighted by Gasteiger charge is -2.27. The van der Waals surface area contributed by atoms with Gasteiger partial charge in [0, 0.05) is 30.6 Å². The number of rotatable bonds is 27. The van der Waals surface area contributed by atoms with Crippen molar-refractivity contribution in [2.75, 3.05) is 25.4 Å². The van der Waals surface area contributed by atoms with Crippen LogP contribution in [0, 0.1) is 5.92 Å². The Morgan fingerprint density at radius 2 is 1.33 bits per heavy atom. The largest absolute Gasteiger partial charge is 0.480 e. The first-order chi connectivity index (χ1) is 26.9. The number of imidazole rings is 1. The van der Waals surface area contributed by atoms with Crippen molar-refractivity contribution in [1.82, 2.24) is 41.9 Å². The normalized spacial score (nSPS) is 15.3. The zero-order chi connectivity index (χ0) is 43.2. The minimum absolute atomic E-state index is 0.0344. The van der Waals surface area contributed by atoms with E-state index >= 15 is 0 Å². The molecule has 1 aromatic rings. The monoisotopic (exact) mass is 829 g/mol. The summed E-state index contributed by atoms with van der Waals surface area (Å²) in [5.41, 5.74) is 22.5. The summed E-state index contributed by atoms with van der Waals surface area (Å²) in [4.78, 5) is 102. The highest BCUT2D eigenvalue weighted by Gasteiger charge is 2.35. The number of nitrogens with two attached hydrogens (primary N) is 4. The summed E-state index contributed by atoms with van der Waals surface area (Å²) < 4.78 is 0. The van der Waals surface area contributed by atoms with E-state index in [1.165, 1.54) is 19.4 Å². The summed E-state index contributed by atoms with van der Waals surface area (Å²) in [6.07, 6.45) is 1.82. The van der Waals surface area contributed by atoms with E-state index in [0.29, 0.717) is 18.5 Å². The van der Waals surface area contributed by atoms with Gasteiger partial charge in [0.1, 0.15) is 36.3 Å². The standard InChI is InChI=1S/C33H59N13O10S/c1-16(2)24(35)30(53)45-23(14-57)29(52)43-21(11-18-12-38-15-40-18)27(50)44-22(13-47)28(51)41-19(7-4-5-9-34)26(49)46-25(17(3)48)31(54)42-20(32(55)56)8-6-10-39-33(36)37/h12,15-17,19-25,47-48,57H,4-11,13-14,34-35H2,1-3H3,(H,38,40)(H,41,51)(H,42,54)(H,43,52)(H,44,50)(H,45,53)(H,46,49)(H,55,56)(H4,36,37,39)/t17-,19+,20+,21+,22+,23+,24+,25+/m1/s1. The molecular formula is C33H59N13O10S. The number of H-pyrrole nitrogens is 1. The van der Waals surface area contributed by atoms with Gasteiger partial charge < -0.3 is 75.1 Å². The van der Waals surface area contributed by atoms with Crippen LogP contribution in [0.15, 0.2) is 17.5 Å². The van der Waals surface area contributed by atoms with E-state index in [1.807, 2.05) is 0 Å². The topological polar surface area (TPSA) is 397 Å². The number of guanidine groups is 1. The lowest BCUT2D eigenvalue weighted by atomic mass is 10.0. The Morgan fingerprint density at radius 3 is 1.86 bits per heavy atom. The number of nitrogens with one attached hydrogen (secondary N) is 7. The number of aromatic nitrogens is 2. The molecule has 0 aliphatic heterocycles. The Labute approximate surface area is 335 Å². The molecule has 322 valence electrons. The quantitative estimate of drug-likeness (QED) is 0.0170. The molecule has 1 aromatic heterocycles. The van der Waals surface area contributed by atoms with E-state index in [4.69, 9.17) is 22.9 Å². The second-order valence-electron chi connectivity index (χ2n) is 13.5. The van der Waals surface area contributed by atoms with Crippen molar-refractivity contribution in [3.8, 4) is 0 Å². The highest BCUT2D eigenvalue weighted by molar-refractivity contribution is 7.80. The molecule has 0 aliphatic rings. The molecular weight excluding hydrogens is 771 g/mol. The Kier molecular flexibility index (Phi) is 22.8. The fourth-order valence-corrected chi connectivity index (χ4v) is 5.30. The Bertz CT molecular complexity index is 1490. The number of aliphatic hydroxyl groups excluding tert-OH is 2. The molecule has 0 saturated carbocycles. The lowest BCUT2D eigenvalue weighted by molar-refractivity contribution is -0.143. The number of hydrogen-bond donors (Lipinski definition) is 15. The molecule has 0 fully saturated rings. The fourth-order valence-electron chi connectivity index (χ4n) is 5.04. The van der Waals surface area contributed by atoms with E-state index in [0.717, 1.165) is 0 Å². The number of aliphatic imine (C=N–C) groups is 1. The van der Waals surface area contributed by atoms with Crippen molar-refractivity contribution in [2.24, 2.45) is 33.8 Å². The zero-order valence-electron chi connectivity index (χ0n) is 32.3. The first-order valence-electron chi connectivity index (χ1n) is 18.3. The van der Waals surface area contributed by atoms with Gasteiger partial charge in [-0.25, -0.2) is 9.78 Å². The van der Waals surface area contributed by atoms with Gasteiger partial charge in [0.2, 0.25) is 35.4 Å². The van der Waals surface area contributed by atoms with Gasteiger partial charge >= 0.3 is 5.97 Å². The average Bonchev–Trinajstić information content (AvgIpc) is 3.67. The zero-order valence-corrected chi connectivity index (χ0v) is 33.2. The van der Waals surface area contributed by atoms with E-state index < -0.39 is 96.4 Å². The number of hydrogen-bond acceptors (Lipinski definition) is 14. The molecule has 0 aromatic carbocycles. The van der Waals surface area contributed by atoms with Crippen molar-refractivity contribution in [1.29, 1.82) is 0 Å². The maximum absolute atomic E-state index is 13.6. The van der Waals surface area contributed by atoms with Crippen LogP contribution in [0.3, 0.4) is 0 Å². The van der Waals surface area contributed by atoms with E-state index in [2.05, 4.69) is 59.5 Å². The number of carboxylic acid groups (broad SMARTS) is 1. The third-order valence-corrected chi connectivity index (χ3v) is 8.83. The lowest BCUT2D eigenvalue weighted by Crippen LogP contribution is -2.61. The van der Waals surface area contributed by atoms with Crippen molar-refractivity contribution in [3.05, 3.63) is 18.2 Å². The molecule has 0 aliphatic carbocycles. The maximum atomic E-state index is 13.6. The van der Waals surface area contributed by atoms with Gasteiger partial charge in [-0.05, 0) is 51.5 Å². The van der Waals surface area contributed by atoms with Crippen molar-refractivity contribution < 1.29 is 48.9 Å². The van der Waals surface area contributed by atoms with Gasteiger partial charge in [-0.2, -0.15) is 12.6 Å². The molecule has 0 bridgehead atoms. The van der Waals surface area contributed by atoms with Gasteiger partial charge in [0.15, 0.2) is 5.96 Å². The molecule has 0 unspecified atom stereocenters. The van der Waals surface area contributed by atoms with E-state index in [-0.39, 0.29) is 56.4 Å². The van der Waals surface area contributed by atoms with Gasteiger partial charge in [-0.15, -0.1) is 0 Å².